The molecule has 0 saturated carbocycles. The fourth-order valence-corrected chi connectivity index (χ4v) is 3.27. The Morgan fingerprint density at radius 3 is 2.55 bits per heavy atom. The molecule has 0 heterocycles. The number of anilines is 1. The van der Waals surface area contributed by atoms with Gasteiger partial charge in [0.2, 0.25) is 0 Å². The minimum atomic E-state index is -2.56. The molecule has 1 rings (SSSR count). The van der Waals surface area contributed by atoms with Gasteiger partial charge in [-0.2, -0.15) is 0 Å². The summed E-state index contributed by atoms with van der Waals surface area (Å²) in [6, 6.07) is 4.24. The van der Waals surface area contributed by atoms with Gasteiger partial charge >= 0.3 is 0 Å². The van der Waals surface area contributed by atoms with Crippen LogP contribution in [-0.4, -0.2) is 28.1 Å². The van der Waals surface area contributed by atoms with Crippen LogP contribution in [0.2, 0.25) is 25.7 Å². The van der Waals surface area contributed by atoms with E-state index in [1.54, 1.807) is 13.1 Å². The van der Waals surface area contributed by atoms with E-state index in [1.807, 2.05) is 6.92 Å². The molecule has 0 aliphatic rings. The molecular formula is C16H26F2N2OSi. The minimum absolute atomic E-state index is 0.0781. The fraction of sp³-hybridized carbons (Fsp3) is 0.562. The first-order valence-corrected chi connectivity index (χ1v) is 11.2. The second kappa shape index (κ2) is 8.27. The van der Waals surface area contributed by atoms with E-state index in [0.29, 0.717) is 12.3 Å². The van der Waals surface area contributed by atoms with Crippen molar-refractivity contribution in [1.82, 2.24) is 0 Å². The van der Waals surface area contributed by atoms with Crippen molar-refractivity contribution >= 4 is 20.1 Å². The summed E-state index contributed by atoms with van der Waals surface area (Å²) >= 11 is 0. The monoisotopic (exact) mass is 328 g/mol. The molecule has 0 aliphatic carbocycles. The number of ether oxygens (including phenoxy) is 1. The molecule has 0 bridgehead atoms. The highest BCUT2D eigenvalue weighted by Gasteiger charge is 2.17. The number of alkyl halides is 2. The van der Waals surface area contributed by atoms with E-state index >= 15 is 0 Å². The summed E-state index contributed by atoms with van der Waals surface area (Å²) in [6.45, 7) is 9.20. The molecule has 0 fully saturated rings. The average molecular weight is 328 g/mol. The lowest BCUT2D eigenvalue weighted by Crippen LogP contribution is -2.20. The van der Waals surface area contributed by atoms with Crippen molar-refractivity contribution in [2.45, 2.75) is 45.5 Å². The predicted molar refractivity (Wildman–Crippen MR) is 92.4 cm³/mol. The summed E-state index contributed by atoms with van der Waals surface area (Å²) < 4.78 is 32.1. The van der Waals surface area contributed by atoms with Gasteiger partial charge in [-0.05, 0) is 31.0 Å². The van der Waals surface area contributed by atoms with Crippen LogP contribution in [0.3, 0.4) is 0 Å². The fourth-order valence-electron chi connectivity index (χ4n) is 2.07. The maximum Gasteiger partial charge on any atom is 0.267 e. The number of nitrogens with one attached hydrogen (secondary N) is 1. The van der Waals surface area contributed by atoms with Gasteiger partial charge in [0.05, 0.1) is 18.5 Å². The Hall–Kier alpha value is -1.43. The third kappa shape index (κ3) is 6.13. The second-order valence-corrected chi connectivity index (χ2v) is 12.2. The lowest BCUT2D eigenvalue weighted by molar-refractivity contribution is 0.145. The van der Waals surface area contributed by atoms with Crippen LogP contribution < -0.4 is 10.1 Å². The van der Waals surface area contributed by atoms with Crippen LogP contribution in [0.25, 0.3) is 0 Å². The molecule has 0 unspecified atom stereocenters. The summed E-state index contributed by atoms with van der Waals surface area (Å²) in [5, 5.41) is 2.90. The summed E-state index contributed by atoms with van der Waals surface area (Å²) in [5.74, 6) is 0.280. The number of hydrogen-bond donors (Lipinski definition) is 1. The van der Waals surface area contributed by atoms with Crippen molar-refractivity contribution < 1.29 is 13.5 Å². The number of benzene rings is 1. The molecule has 6 heteroatoms. The van der Waals surface area contributed by atoms with Gasteiger partial charge in [-0.15, -0.1) is 0 Å². The first-order valence-electron chi connectivity index (χ1n) is 7.47. The smallest absolute Gasteiger partial charge is 0.267 e. The largest absolute Gasteiger partial charge is 0.493 e. The van der Waals surface area contributed by atoms with Gasteiger partial charge in [0.1, 0.15) is 5.75 Å². The molecule has 22 heavy (non-hydrogen) atoms. The van der Waals surface area contributed by atoms with Gasteiger partial charge in [-0.3, -0.25) is 4.99 Å². The van der Waals surface area contributed by atoms with E-state index in [-0.39, 0.29) is 11.3 Å². The van der Waals surface area contributed by atoms with Crippen molar-refractivity contribution in [3.05, 3.63) is 23.3 Å². The Kier molecular flexibility index (Phi) is 6.99. The van der Waals surface area contributed by atoms with Crippen LogP contribution in [0.5, 0.6) is 5.75 Å². The summed E-state index contributed by atoms with van der Waals surface area (Å²) in [5.41, 5.74) is 1.39. The standard InChI is InChI=1S/C16H26F2N2OSi/c1-12-9-15(21-7-6-8-22(3,4)5)13(16(17)18)10-14(12)20-11-19-2/h9-11,16H,6-8H2,1-5H3,(H,19,20). The highest BCUT2D eigenvalue weighted by Crippen LogP contribution is 2.34. The van der Waals surface area contributed by atoms with Gasteiger partial charge in [0.15, 0.2) is 0 Å². The Bertz CT molecular complexity index is 514. The maximum absolute atomic E-state index is 13.2. The quantitative estimate of drug-likeness (QED) is 0.311. The highest BCUT2D eigenvalue weighted by atomic mass is 28.3. The number of nitrogens with zero attached hydrogens (tertiary/aromatic N) is 1. The Balaban J connectivity index is 2.82. The zero-order valence-corrected chi connectivity index (χ0v) is 15.0. The Labute approximate surface area is 132 Å². The number of rotatable bonds is 8. The molecule has 1 aromatic rings. The molecule has 0 atom stereocenters. The Morgan fingerprint density at radius 2 is 2.00 bits per heavy atom. The first kappa shape index (κ1) is 18.6. The topological polar surface area (TPSA) is 33.6 Å². The number of halogens is 2. The highest BCUT2D eigenvalue weighted by molar-refractivity contribution is 6.76. The van der Waals surface area contributed by atoms with Crippen LogP contribution in [0.15, 0.2) is 17.1 Å². The van der Waals surface area contributed by atoms with Crippen molar-refractivity contribution in [2.75, 3.05) is 19.0 Å². The Morgan fingerprint density at radius 1 is 1.32 bits per heavy atom. The van der Waals surface area contributed by atoms with E-state index in [2.05, 4.69) is 30.0 Å². The number of aryl methyl sites for hydroxylation is 1. The van der Waals surface area contributed by atoms with Gasteiger partial charge in [0.25, 0.3) is 6.43 Å². The van der Waals surface area contributed by atoms with Gasteiger partial charge in [-0.25, -0.2) is 8.78 Å². The van der Waals surface area contributed by atoms with Crippen LogP contribution in [0.1, 0.15) is 24.0 Å². The first-order chi connectivity index (χ1) is 10.2. The lowest BCUT2D eigenvalue weighted by Gasteiger charge is -2.17. The van der Waals surface area contributed by atoms with E-state index in [4.69, 9.17) is 4.74 Å². The van der Waals surface area contributed by atoms with Crippen LogP contribution in [0, 0.1) is 6.92 Å². The van der Waals surface area contributed by atoms with E-state index in [9.17, 15) is 8.78 Å². The molecular weight excluding hydrogens is 302 g/mol. The molecule has 3 nitrogen and oxygen atoms in total. The SMILES string of the molecule is CN=CNc1cc(C(F)F)c(OCCC[Si](C)(C)C)cc1C. The van der Waals surface area contributed by atoms with Crippen molar-refractivity contribution in [2.24, 2.45) is 4.99 Å². The molecule has 0 spiro atoms. The average Bonchev–Trinajstić information content (AvgIpc) is 2.41. The van der Waals surface area contributed by atoms with Crippen LogP contribution >= 0.6 is 0 Å². The van der Waals surface area contributed by atoms with Gasteiger partial charge in [0, 0.05) is 20.8 Å². The summed E-state index contributed by atoms with van der Waals surface area (Å²) in [6.07, 6.45) is -0.182. The molecule has 0 aliphatic heterocycles. The zero-order valence-electron chi connectivity index (χ0n) is 14.0. The molecule has 0 amide bonds. The third-order valence-corrected chi connectivity index (χ3v) is 5.12. The van der Waals surface area contributed by atoms with Crippen molar-refractivity contribution in [3.8, 4) is 5.75 Å². The van der Waals surface area contributed by atoms with Crippen LogP contribution in [0.4, 0.5) is 14.5 Å². The molecule has 0 radical (unpaired) electrons. The minimum Gasteiger partial charge on any atom is -0.493 e. The molecule has 0 aromatic heterocycles. The van der Waals surface area contributed by atoms with Crippen LogP contribution in [-0.2, 0) is 0 Å². The van der Waals surface area contributed by atoms with Crippen molar-refractivity contribution in [1.29, 1.82) is 0 Å². The number of hydrogen-bond acceptors (Lipinski definition) is 2. The number of aliphatic imine (C=N–C) groups is 1. The molecule has 1 N–H and O–H groups in total. The normalized spacial score (nSPS) is 12.2. The van der Waals surface area contributed by atoms with Gasteiger partial charge < -0.3 is 10.1 Å². The van der Waals surface area contributed by atoms with E-state index in [1.165, 1.54) is 12.4 Å². The molecule has 124 valence electrons. The van der Waals surface area contributed by atoms with E-state index in [0.717, 1.165) is 18.0 Å². The zero-order chi connectivity index (χ0) is 16.8. The molecule has 0 saturated heterocycles. The molecule has 1 aromatic carbocycles. The van der Waals surface area contributed by atoms with E-state index < -0.39 is 14.5 Å². The third-order valence-electron chi connectivity index (χ3n) is 3.27. The summed E-state index contributed by atoms with van der Waals surface area (Å²) in [4.78, 5) is 3.80. The predicted octanol–water partition coefficient (Wildman–Crippen LogP) is 5.11. The maximum atomic E-state index is 13.2. The second-order valence-electron chi connectivity index (χ2n) is 6.55. The van der Waals surface area contributed by atoms with Gasteiger partial charge in [-0.1, -0.05) is 25.7 Å². The van der Waals surface area contributed by atoms with Crippen molar-refractivity contribution in [3.63, 3.8) is 0 Å². The summed E-state index contributed by atoms with van der Waals surface area (Å²) in [7, 11) is 0.499. The lowest BCUT2D eigenvalue weighted by atomic mass is 10.1.